The Morgan fingerprint density at radius 1 is 0.589 bits per heavy atom. The third kappa shape index (κ3) is 18.2. The van der Waals surface area contributed by atoms with Crippen LogP contribution in [-0.4, -0.2) is 115 Å². The summed E-state index contributed by atoms with van der Waals surface area (Å²) in [6, 6.07) is 31.9. The number of aromatic amines is 2. The third-order valence-electron chi connectivity index (χ3n) is 21.8. The Balaban J connectivity index is 0.000000131. The normalized spacial score (nSPS) is 17.6. The van der Waals surface area contributed by atoms with Gasteiger partial charge in [0.05, 0.1) is 62.7 Å². The van der Waals surface area contributed by atoms with E-state index in [9.17, 15) is 24.0 Å². The van der Waals surface area contributed by atoms with Gasteiger partial charge in [0.15, 0.2) is 0 Å². The van der Waals surface area contributed by atoms with Crippen molar-refractivity contribution in [3.05, 3.63) is 221 Å². The van der Waals surface area contributed by atoms with Gasteiger partial charge in [-0.3, -0.25) is 29.0 Å². The number of benzene rings is 5. The number of nitrogens with one attached hydrogen (secondary N) is 9. The number of nitrogens with zero attached hydrogens (tertiary/aromatic N) is 3. The second-order valence-electron chi connectivity index (χ2n) is 29.5. The number of aromatic nitrogens is 4. The predicted molar refractivity (Wildman–Crippen MR) is 452 cm³/mol. The van der Waals surface area contributed by atoms with E-state index >= 15 is 0 Å². The van der Waals surface area contributed by atoms with Crippen molar-refractivity contribution in [3.8, 4) is 11.1 Å². The number of rotatable bonds is 24. The molecule has 0 spiro atoms. The van der Waals surface area contributed by atoms with Gasteiger partial charge in [0.25, 0.3) is 23.6 Å². The van der Waals surface area contributed by atoms with Crippen LogP contribution in [0.5, 0.6) is 0 Å². The lowest BCUT2D eigenvalue weighted by Gasteiger charge is -2.12. The lowest BCUT2D eigenvalue weighted by Crippen LogP contribution is -2.28. The number of aliphatic imine (C=N–C) groups is 1. The number of carbonyl (C=O) groups excluding carboxylic acids is 5. The van der Waals surface area contributed by atoms with Gasteiger partial charge in [0, 0.05) is 106 Å². The van der Waals surface area contributed by atoms with E-state index in [-0.39, 0.29) is 29.5 Å². The van der Waals surface area contributed by atoms with E-state index in [1.807, 2.05) is 75.5 Å². The van der Waals surface area contributed by atoms with E-state index < -0.39 is 0 Å². The second kappa shape index (κ2) is 37.0. The van der Waals surface area contributed by atoms with Crippen molar-refractivity contribution in [3.63, 3.8) is 0 Å². The van der Waals surface area contributed by atoms with Crippen molar-refractivity contribution >= 4 is 116 Å². The molecule has 0 saturated heterocycles. The van der Waals surface area contributed by atoms with E-state index in [1.165, 1.54) is 70.5 Å². The highest BCUT2D eigenvalue weighted by atomic mass is 35.5. The molecule has 5 aromatic carbocycles. The minimum atomic E-state index is -0.173. The lowest BCUT2D eigenvalue weighted by molar-refractivity contribution is -0.121. The summed E-state index contributed by atoms with van der Waals surface area (Å²) in [5.41, 5.74) is 52.1. The standard InChI is InChI=1S/C26H27N3O.C23H30N4O.C20H25ClN4O2.C20H21N5O2/c27-14-6-10-20-19-9-4-5-11-23(19)28-25(20)16-22-21-13-12-18(15-24(21)29-26(22)30)17-7-2-1-3-8-17;1-25-12-10-15-8-9-21-18(13-15)19(23(28)27-21)14-22-17(6-4-11-24)16-5-2-3-7-20(16)26-22;1-12-11-24-17(14(12)3-2-4-19(26)23-8-7-22)10-16-15-6-5-13(21)9-18(15)25-20(16)27;1-11-12(2)24-19-15(23-11)5-4-14-18(19)13(20(26)25-14)10-16-17(6-8-22-16)27-9-3-7-21/h1-3,7-8,12-13,15-16,28H,4-6,9-11,14,27H2,(H,29,30);8-9,13-14,25-26H,2-7,10-12,24H2,1H3,(H,27,28);5-6,9-10,12,24H,2-4,7-8,11,22H2,1H3,(H,23,26)(H,25,27);4-5,8,10H,3,6-7,9,21H2,1-2H3,(H,25,26)/b22-16-;19-14-;16-10-;13-10-. The Kier molecular flexibility index (Phi) is 26.2. The number of hydrogen-bond donors (Lipinski definition) is 13. The van der Waals surface area contributed by atoms with Crippen LogP contribution in [0.1, 0.15) is 162 Å². The fraction of sp³-hybridized carbons (Fsp3) is 0.348. The zero-order valence-electron chi connectivity index (χ0n) is 64.6. The number of halogens is 1. The monoisotopic (exact) mass is 1530 g/mol. The van der Waals surface area contributed by atoms with Crippen LogP contribution in [0.25, 0.3) is 56.6 Å². The number of anilines is 4. The number of allylic oxidation sites excluding steroid dienone is 3. The van der Waals surface area contributed by atoms with E-state index in [4.69, 9.17) is 44.3 Å². The number of H-pyrrole nitrogens is 2. The molecule has 6 aliphatic heterocycles. The van der Waals surface area contributed by atoms with E-state index in [0.29, 0.717) is 85.5 Å². The van der Waals surface area contributed by atoms with Crippen molar-refractivity contribution in [2.45, 2.75) is 136 Å². The molecule has 5 amide bonds. The first-order chi connectivity index (χ1) is 54.5. The quantitative estimate of drug-likeness (QED) is 0.0198. The van der Waals surface area contributed by atoms with Crippen molar-refractivity contribution in [2.24, 2.45) is 33.8 Å². The number of hydrogen-bond acceptors (Lipinski definition) is 15. The topological polar surface area (TPSA) is 353 Å². The molecule has 582 valence electrons. The Bertz CT molecular complexity index is 5150. The van der Waals surface area contributed by atoms with Crippen molar-refractivity contribution in [1.29, 1.82) is 0 Å². The first kappa shape index (κ1) is 79.2. The zero-order valence-corrected chi connectivity index (χ0v) is 65.3. The van der Waals surface area contributed by atoms with E-state index in [0.717, 1.165) is 197 Å². The smallest absolute Gasteiger partial charge is 0.256 e. The maximum absolute atomic E-state index is 12.8. The van der Waals surface area contributed by atoms with Crippen LogP contribution in [-0.2, 0) is 73.7 Å². The molecule has 16 rings (SSSR count). The summed E-state index contributed by atoms with van der Waals surface area (Å²) in [4.78, 5) is 83.2. The summed E-state index contributed by atoms with van der Waals surface area (Å²) in [5.74, 6) is 0.815. The fourth-order valence-electron chi connectivity index (χ4n) is 15.8. The first-order valence-electron chi connectivity index (χ1n) is 39.6. The second-order valence-corrected chi connectivity index (χ2v) is 30.0. The summed E-state index contributed by atoms with van der Waals surface area (Å²) < 4.78 is 5.78. The summed E-state index contributed by atoms with van der Waals surface area (Å²) >= 11 is 6.01. The minimum absolute atomic E-state index is 0.0156. The van der Waals surface area contributed by atoms with E-state index in [1.54, 1.807) is 24.4 Å². The molecule has 3 aromatic heterocycles. The average Bonchev–Trinajstić information content (AvgIpc) is 1.59. The van der Waals surface area contributed by atoms with Gasteiger partial charge >= 0.3 is 0 Å². The molecule has 0 saturated carbocycles. The molecule has 9 heterocycles. The minimum Gasteiger partial charge on any atom is -0.495 e. The first-order valence-corrected chi connectivity index (χ1v) is 40.0. The summed E-state index contributed by atoms with van der Waals surface area (Å²) in [6.45, 7) is 11.2. The van der Waals surface area contributed by atoms with Crippen LogP contribution in [0.3, 0.4) is 0 Å². The van der Waals surface area contributed by atoms with Gasteiger partial charge in [-0.05, 0) is 267 Å². The third-order valence-corrected chi connectivity index (χ3v) is 22.0. The molecule has 0 radical (unpaired) electrons. The molecule has 23 heteroatoms. The highest BCUT2D eigenvalue weighted by Gasteiger charge is 2.33. The summed E-state index contributed by atoms with van der Waals surface area (Å²) in [7, 11) is 1.96. The van der Waals surface area contributed by atoms with Crippen LogP contribution in [0.15, 0.2) is 137 Å². The van der Waals surface area contributed by atoms with Gasteiger partial charge in [0.1, 0.15) is 11.5 Å². The molecular weight excluding hydrogens is 1420 g/mol. The van der Waals surface area contributed by atoms with E-state index in [2.05, 4.69) is 113 Å². The summed E-state index contributed by atoms with van der Waals surface area (Å²) in [5, 5.41) is 21.8. The number of fused-ring (bicyclic) bond motifs is 8. The molecule has 112 heavy (non-hydrogen) atoms. The average molecular weight is 1530 g/mol. The van der Waals surface area contributed by atoms with Crippen LogP contribution in [0.2, 0.25) is 5.02 Å². The molecule has 8 aliphatic rings. The van der Waals surface area contributed by atoms with Gasteiger partial charge in [0.2, 0.25) is 5.91 Å². The molecular formula is C89H103ClN16O6. The Labute approximate surface area is 659 Å². The van der Waals surface area contributed by atoms with Gasteiger partial charge in [-0.1, -0.05) is 73.1 Å². The number of amides is 5. The van der Waals surface area contributed by atoms with Gasteiger partial charge < -0.3 is 74.9 Å². The Hall–Kier alpha value is -10.9. The number of aryl methyl sites for hydroxylation is 4. The van der Waals surface area contributed by atoms with Crippen molar-refractivity contribution in [1.82, 2.24) is 35.9 Å². The molecule has 1 atom stereocenters. The summed E-state index contributed by atoms with van der Waals surface area (Å²) in [6.07, 6.45) is 27.2. The molecule has 2 aliphatic carbocycles. The molecule has 0 bridgehead atoms. The largest absolute Gasteiger partial charge is 0.495 e. The number of carbonyl (C=O) groups is 5. The lowest BCUT2D eigenvalue weighted by atomic mass is 9.92. The SMILES string of the molecule is CC1CNC(/C=C2\C(=O)Nc3cc(Cl)ccc32)=C1CCCC(=O)NCCN.CNCCc1ccc2c(c1)/C(=C/c1[nH]c3c(c1CCCN)CCCC3)C(=O)N2.Cc1nc2ccc3c(c2nc1C)/C(=C/C1=C(OCCCN)CC=N1)C(=O)N3.NCCCc1c(/C=C2\C(=O)Nc3cc(-c4ccccc4)ccc32)[nH]c2c1CCCC2. The van der Waals surface area contributed by atoms with Gasteiger partial charge in [-0.15, -0.1) is 0 Å². The fourth-order valence-corrected chi connectivity index (χ4v) is 16.0. The highest BCUT2D eigenvalue weighted by Crippen LogP contribution is 2.43. The molecule has 0 fully saturated rings. The van der Waals surface area contributed by atoms with Crippen LogP contribution >= 0.6 is 11.6 Å². The van der Waals surface area contributed by atoms with Crippen LogP contribution < -0.4 is 60.2 Å². The Morgan fingerprint density at radius 3 is 1.87 bits per heavy atom. The van der Waals surface area contributed by atoms with Crippen molar-refractivity contribution in [2.75, 3.05) is 80.7 Å². The number of likely N-dealkylation sites (N-methyl/N-ethyl adjacent to an activating group) is 1. The predicted octanol–water partition coefficient (Wildman–Crippen LogP) is 13.0. The maximum atomic E-state index is 12.8. The molecule has 22 nitrogen and oxygen atoms in total. The highest BCUT2D eigenvalue weighted by molar-refractivity contribution is 6.37. The maximum Gasteiger partial charge on any atom is 0.256 e. The van der Waals surface area contributed by atoms with Crippen molar-refractivity contribution < 1.29 is 28.7 Å². The number of ether oxygens (including phenoxy) is 1. The van der Waals surface area contributed by atoms with Gasteiger partial charge in [-0.2, -0.15) is 0 Å². The van der Waals surface area contributed by atoms with Gasteiger partial charge in [-0.25, -0.2) is 9.97 Å². The molecule has 17 N–H and O–H groups in total. The van der Waals surface area contributed by atoms with Crippen LogP contribution in [0.4, 0.5) is 22.7 Å². The number of nitrogens with two attached hydrogens (primary N) is 4. The zero-order chi connectivity index (χ0) is 78.4. The Morgan fingerprint density at radius 2 is 1.20 bits per heavy atom. The van der Waals surface area contributed by atoms with Crippen LogP contribution in [0, 0.1) is 19.8 Å². The molecule has 8 aromatic rings. The molecule has 1 unspecified atom stereocenters.